The number of nitrogens with one attached hydrogen (secondary N) is 1. The molecule has 1 atom stereocenters. The Kier molecular flexibility index (Phi) is 4.81. The Bertz CT molecular complexity index is 918. The lowest BCUT2D eigenvalue weighted by Gasteiger charge is -2.28. The molecule has 0 radical (unpaired) electrons. The smallest absolute Gasteiger partial charge is 0.279 e. The number of aromatic nitrogens is 2. The predicted octanol–water partition coefficient (Wildman–Crippen LogP) is 3.15. The zero-order valence-electron chi connectivity index (χ0n) is 14.6. The highest BCUT2D eigenvalue weighted by molar-refractivity contribution is 7.99. The number of rotatable bonds is 4. The van der Waals surface area contributed by atoms with Gasteiger partial charge in [-0.05, 0) is 25.0 Å². The summed E-state index contributed by atoms with van der Waals surface area (Å²) in [7, 11) is 1.82. The molecule has 1 amide bonds. The molecule has 1 aliphatic rings. The van der Waals surface area contributed by atoms with Crippen LogP contribution in [0.3, 0.4) is 0 Å². The fraction of sp³-hybridized carbons (Fsp3) is 0.316. The number of carbonyl (C=O) groups is 1. The van der Waals surface area contributed by atoms with Crippen molar-refractivity contribution >= 4 is 23.5 Å². The SMILES string of the molecule is C=CCSc1nc(=O)c2c(n1C)NC(=O)CC2c1ccc(C)cc1C. The number of amides is 1. The maximum atomic E-state index is 12.8. The van der Waals surface area contributed by atoms with E-state index in [4.69, 9.17) is 0 Å². The first-order chi connectivity index (χ1) is 11.9. The number of hydrogen-bond donors (Lipinski definition) is 1. The molecule has 1 aromatic carbocycles. The van der Waals surface area contributed by atoms with Gasteiger partial charge in [-0.2, -0.15) is 4.98 Å². The van der Waals surface area contributed by atoms with Crippen LogP contribution in [0.4, 0.5) is 5.82 Å². The summed E-state index contributed by atoms with van der Waals surface area (Å²) in [6.45, 7) is 7.73. The van der Waals surface area contributed by atoms with Gasteiger partial charge in [0.1, 0.15) is 5.82 Å². The molecule has 2 heterocycles. The fourth-order valence-electron chi connectivity index (χ4n) is 3.28. The fourth-order valence-corrected chi connectivity index (χ4v) is 3.98. The molecule has 1 aromatic heterocycles. The van der Waals surface area contributed by atoms with Gasteiger partial charge in [0.2, 0.25) is 5.91 Å². The molecule has 130 valence electrons. The molecule has 1 unspecified atom stereocenters. The summed E-state index contributed by atoms with van der Waals surface area (Å²) in [6, 6.07) is 6.10. The third-order valence-electron chi connectivity index (χ3n) is 4.43. The molecular formula is C19H21N3O2S. The summed E-state index contributed by atoms with van der Waals surface area (Å²) in [6.07, 6.45) is 2.01. The van der Waals surface area contributed by atoms with Crippen molar-refractivity contribution in [3.8, 4) is 0 Å². The minimum Gasteiger partial charge on any atom is -0.312 e. The lowest BCUT2D eigenvalue weighted by molar-refractivity contribution is -0.116. The van der Waals surface area contributed by atoms with Crippen LogP contribution >= 0.6 is 11.8 Å². The second-order valence-electron chi connectivity index (χ2n) is 6.29. The van der Waals surface area contributed by atoms with Crippen LogP contribution < -0.4 is 10.9 Å². The highest BCUT2D eigenvalue weighted by Gasteiger charge is 2.32. The van der Waals surface area contributed by atoms with Crippen molar-refractivity contribution in [1.29, 1.82) is 0 Å². The van der Waals surface area contributed by atoms with E-state index in [0.717, 1.165) is 16.7 Å². The van der Waals surface area contributed by atoms with E-state index in [2.05, 4.69) is 22.9 Å². The van der Waals surface area contributed by atoms with E-state index >= 15 is 0 Å². The molecule has 0 fully saturated rings. The molecule has 0 aliphatic carbocycles. The van der Waals surface area contributed by atoms with Crippen molar-refractivity contribution in [2.45, 2.75) is 31.3 Å². The van der Waals surface area contributed by atoms with E-state index in [9.17, 15) is 9.59 Å². The number of nitrogens with zero attached hydrogens (tertiary/aromatic N) is 2. The molecule has 0 saturated carbocycles. The summed E-state index contributed by atoms with van der Waals surface area (Å²) >= 11 is 1.42. The Morgan fingerprint density at radius 1 is 1.40 bits per heavy atom. The van der Waals surface area contributed by atoms with Crippen LogP contribution in [0.5, 0.6) is 0 Å². The van der Waals surface area contributed by atoms with E-state index in [0.29, 0.717) is 22.3 Å². The first-order valence-electron chi connectivity index (χ1n) is 8.14. The van der Waals surface area contributed by atoms with Crippen LogP contribution in [-0.4, -0.2) is 21.2 Å². The van der Waals surface area contributed by atoms with Crippen LogP contribution in [0, 0.1) is 13.8 Å². The van der Waals surface area contributed by atoms with Gasteiger partial charge in [-0.3, -0.25) is 9.59 Å². The maximum Gasteiger partial charge on any atom is 0.279 e. The number of aryl methyl sites for hydroxylation is 2. The maximum absolute atomic E-state index is 12.8. The quantitative estimate of drug-likeness (QED) is 0.520. The molecular weight excluding hydrogens is 334 g/mol. The largest absolute Gasteiger partial charge is 0.312 e. The molecule has 0 bridgehead atoms. The minimum atomic E-state index is -0.273. The summed E-state index contributed by atoms with van der Waals surface area (Å²) in [5, 5.41) is 3.44. The highest BCUT2D eigenvalue weighted by atomic mass is 32.2. The number of thioether (sulfide) groups is 1. The van der Waals surface area contributed by atoms with Crippen molar-refractivity contribution in [3.05, 3.63) is 63.5 Å². The normalized spacial score (nSPS) is 16.3. The molecule has 0 spiro atoms. The monoisotopic (exact) mass is 355 g/mol. The molecule has 25 heavy (non-hydrogen) atoms. The Morgan fingerprint density at radius 3 is 2.84 bits per heavy atom. The molecule has 1 N–H and O–H groups in total. The van der Waals surface area contributed by atoms with Crippen molar-refractivity contribution in [1.82, 2.24) is 9.55 Å². The predicted molar refractivity (Wildman–Crippen MR) is 101 cm³/mol. The van der Waals surface area contributed by atoms with Gasteiger partial charge in [-0.1, -0.05) is 41.6 Å². The molecule has 5 nitrogen and oxygen atoms in total. The van der Waals surface area contributed by atoms with Gasteiger partial charge < -0.3 is 9.88 Å². The Hall–Kier alpha value is -2.34. The topological polar surface area (TPSA) is 64.0 Å². The molecule has 0 saturated heterocycles. The van der Waals surface area contributed by atoms with Gasteiger partial charge in [0.15, 0.2) is 5.16 Å². The van der Waals surface area contributed by atoms with Crippen LogP contribution in [-0.2, 0) is 11.8 Å². The minimum absolute atomic E-state index is 0.0849. The van der Waals surface area contributed by atoms with Gasteiger partial charge in [-0.15, -0.1) is 6.58 Å². The molecule has 6 heteroatoms. The van der Waals surface area contributed by atoms with E-state index in [1.807, 2.05) is 33.0 Å². The van der Waals surface area contributed by atoms with E-state index in [1.54, 1.807) is 10.6 Å². The third kappa shape index (κ3) is 3.26. The number of fused-ring (bicyclic) bond motifs is 1. The van der Waals surface area contributed by atoms with E-state index < -0.39 is 0 Å². The van der Waals surface area contributed by atoms with Gasteiger partial charge in [0, 0.05) is 25.1 Å². The Labute approximate surface area is 151 Å². The van der Waals surface area contributed by atoms with Crippen LogP contribution in [0.25, 0.3) is 0 Å². The van der Waals surface area contributed by atoms with E-state index in [1.165, 1.54) is 11.8 Å². The number of hydrogen-bond acceptors (Lipinski definition) is 4. The lowest BCUT2D eigenvalue weighted by Crippen LogP contribution is -2.33. The summed E-state index contributed by atoms with van der Waals surface area (Å²) < 4.78 is 1.79. The second-order valence-corrected chi connectivity index (χ2v) is 7.27. The van der Waals surface area contributed by atoms with Crippen molar-refractivity contribution < 1.29 is 4.79 Å². The average molecular weight is 355 g/mol. The zero-order valence-corrected chi connectivity index (χ0v) is 15.4. The Balaban J connectivity index is 2.18. The van der Waals surface area contributed by atoms with Crippen LogP contribution in [0.1, 0.15) is 34.6 Å². The summed E-state index contributed by atoms with van der Waals surface area (Å²) in [5.41, 5.74) is 3.54. The van der Waals surface area contributed by atoms with Crippen molar-refractivity contribution in [2.24, 2.45) is 7.05 Å². The first-order valence-corrected chi connectivity index (χ1v) is 9.12. The first kappa shape index (κ1) is 17.5. The lowest BCUT2D eigenvalue weighted by atomic mass is 9.84. The van der Waals surface area contributed by atoms with Crippen molar-refractivity contribution in [3.63, 3.8) is 0 Å². The molecule has 1 aliphatic heterocycles. The highest BCUT2D eigenvalue weighted by Crippen LogP contribution is 2.37. The van der Waals surface area contributed by atoms with Gasteiger partial charge in [-0.25, -0.2) is 0 Å². The standard InChI is InChI=1S/C19H21N3O2S/c1-5-8-25-19-21-18(24)16-14(10-15(23)20-17(16)22(19)4)13-7-6-11(2)9-12(13)3/h5-7,9,14H,1,8,10H2,2-4H3,(H,20,23). The van der Waals surface area contributed by atoms with Gasteiger partial charge in [0.25, 0.3) is 5.56 Å². The number of carbonyl (C=O) groups excluding carboxylic acids is 1. The Morgan fingerprint density at radius 2 is 2.16 bits per heavy atom. The number of anilines is 1. The van der Waals surface area contributed by atoms with Crippen LogP contribution in [0.2, 0.25) is 0 Å². The molecule has 3 rings (SSSR count). The molecule has 2 aromatic rings. The van der Waals surface area contributed by atoms with Gasteiger partial charge >= 0.3 is 0 Å². The van der Waals surface area contributed by atoms with Crippen LogP contribution in [0.15, 0.2) is 40.8 Å². The third-order valence-corrected chi connectivity index (χ3v) is 5.46. The second kappa shape index (κ2) is 6.88. The number of benzene rings is 1. The van der Waals surface area contributed by atoms with Gasteiger partial charge in [0.05, 0.1) is 5.56 Å². The van der Waals surface area contributed by atoms with E-state index in [-0.39, 0.29) is 23.8 Å². The summed E-state index contributed by atoms with van der Waals surface area (Å²) in [5.74, 6) is 0.841. The summed E-state index contributed by atoms with van der Waals surface area (Å²) in [4.78, 5) is 29.3. The average Bonchev–Trinajstić information content (AvgIpc) is 2.56. The zero-order chi connectivity index (χ0) is 18.1. The van der Waals surface area contributed by atoms with Crippen molar-refractivity contribution in [2.75, 3.05) is 11.1 Å².